The number of carboxylic acids is 1. The Hall–Kier alpha value is -2.28. The van der Waals surface area contributed by atoms with E-state index in [-0.39, 0.29) is 24.9 Å². The van der Waals surface area contributed by atoms with Crippen molar-refractivity contribution >= 4 is 11.9 Å². The van der Waals surface area contributed by atoms with E-state index in [2.05, 4.69) is 5.32 Å². The van der Waals surface area contributed by atoms with Crippen molar-refractivity contribution in [3.05, 3.63) is 23.8 Å². The van der Waals surface area contributed by atoms with E-state index < -0.39 is 12.0 Å². The smallest absolute Gasteiger partial charge is 0.305 e. The molecule has 1 heterocycles. The first-order chi connectivity index (χ1) is 12.0. The number of benzene rings is 1. The minimum absolute atomic E-state index is 0.0929. The quantitative estimate of drug-likeness (QED) is 0.746. The van der Waals surface area contributed by atoms with Gasteiger partial charge in [-0.25, -0.2) is 0 Å². The van der Waals surface area contributed by atoms with Crippen LogP contribution in [0.5, 0.6) is 11.5 Å². The van der Waals surface area contributed by atoms with Gasteiger partial charge < -0.3 is 24.6 Å². The van der Waals surface area contributed by atoms with Gasteiger partial charge in [-0.05, 0) is 37.0 Å². The van der Waals surface area contributed by atoms with Crippen LogP contribution in [0.15, 0.2) is 18.2 Å². The number of carbonyl (C=O) groups excluding carboxylic acids is 1. The lowest BCUT2D eigenvalue weighted by molar-refractivity contribution is -0.137. The molecule has 0 bridgehead atoms. The Morgan fingerprint density at radius 1 is 1.28 bits per heavy atom. The lowest BCUT2D eigenvalue weighted by atomic mass is 10.0. The summed E-state index contributed by atoms with van der Waals surface area (Å²) < 4.78 is 16.0. The van der Waals surface area contributed by atoms with E-state index in [1.54, 1.807) is 18.2 Å². The first kappa shape index (κ1) is 19.1. The first-order valence-corrected chi connectivity index (χ1v) is 8.38. The van der Waals surface area contributed by atoms with Crippen LogP contribution in [0.4, 0.5) is 0 Å². The van der Waals surface area contributed by atoms with Crippen molar-refractivity contribution in [3.63, 3.8) is 0 Å². The summed E-state index contributed by atoms with van der Waals surface area (Å²) in [6.07, 6.45) is 2.85. The van der Waals surface area contributed by atoms with Crippen LogP contribution < -0.4 is 14.8 Å². The molecule has 1 aromatic rings. The second-order valence-corrected chi connectivity index (χ2v) is 6.03. The zero-order valence-electron chi connectivity index (χ0n) is 14.6. The Labute approximate surface area is 147 Å². The summed E-state index contributed by atoms with van der Waals surface area (Å²) in [6, 6.07) is 4.46. The number of amides is 1. The highest BCUT2D eigenvalue weighted by Crippen LogP contribution is 2.31. The van der Waals surface area contributed by atoms with Crippen LogP contribution in [0.3, 0.4) is 0 Å². The number of hydrogen-bond donors (Lipinski definition) is 2. The van der Waals surface area contributed by atoms with Crippen molar-refractivity contribution in [1.29, 1.82) is 0 Å². The summed E-state index contributed by atoms with van der Waals surface area (Å²) in [6.45, 7) is 0.673. The number of ether oxygens (including phenoxy) is 3. The highest BCUT2D eigenvalue weighted by Gasteiger charge is 2.23. The van der Waals surface area contributed by atoms with Gasteiger partial charge in [0, 0.05) is 6.61 Å². The summed E-state index contributed by atoms with van der Waals surface area (Å²) in [7, 11) is 3.03. The van der Waals surface area contributed by atoms with Gasteiger partial charge in [0.2, 0.25) is 5.91 Å². The van der Waals surface area contributed by atoms with Crippen LogP contribution in [0.2, 0.25) is 0 Å². The molecule has 0 saturated carbocycles. The summed E-state index contributed by atoms with van der Waals surface area (Å²) in [5.41, 5.74) is 0.651. The number of carboxylic acid groups (broad SMARTS) is 1. The molecule has 1 saturated heterocycles. The van der Waals surface area contributed by atoms with Crippen molar-refractivity contribution in [2.24, 2.45) is 0 Å². The van der Waals surface area contributed by atoms with Crippen LogP contribution in [-0.2, 0) is 14.3 Å². The first-order valence-electron chi connectivity index (χ1n) is 8.38. The maximum Gasteiger partial charge on any atom is 0.305 e. The lowest BCUT2D eigenvalue weighted by Gasteiger charge is -2.24. The molecule has 7 heteroatoms. The number of carbonyl (C=O) groups is 2. The summed E-state index contributed by atoms with van der Waals surface area (Å²) in [5.74, 6) is -0.176. The lowest BCUT2D eigenvalue weighted by Crippen LogP contribution is -2.34. The number of methoxy groups -OCH3 is 2. The maximum absolute atomic E-state index is 12.3. The van der Waals surface area contributed by atoms with E-state index in [1.165, 1.54) is 14.2 Å². The predicted molar refractivity (Wildman–Crippen MR) is 90.9 cm³/mol. The highest BCUT2D eigenvalue weighted by atomic mass is 16.5. The number of nitrogens with one attached hydrogen (secondary N) is 1. The van der Waals surface area contributed by atoms with Crippen LogP contribution in [0.1, 0.15) is 43.7 Å². The van der Waals surface area contributed by atoms with Crippen LogP contribution in [0.25, 0.3) is 0 Å². The highest BCUT2D eigenvalue weighted by molar-refractivity contribution is 5.78. The molecule has 1 aromatic carbocycles. The van der Waals surface area contributed by atoms with Crippen molar-refractivity contribution in [3.8, 4) is 11.5 Å². The molecule has 7 nitrogen and oxygen atoms in total. The topological polar surface area (TPSA) is 94.1 Å². The fourth-order valence-electron chi connectivity index (χ4n) is 2.92. The van der Waals surface area contributed by atoms with Gasteiger partial charge in [-0.15, -0.1) is 0 Å². The van der Waals surface area contributed by atoms with Gasteiger partial charge in [-0.3, -0.25) is 9.59 Å². The second-order valence-electron chi connectivity index (χ2n) is 6.03. The molecule has 2 N–H and O–H groups in total. The third-order valence-electron chi connectivity index (χ3n) is 4.21. The largest absolute Gasteiger partial charge is 0.493 e. The average molecular weight is 351 g/mol. The molecule has 2 rings (SSSR count). The van der Waals surface area contributed by atoms with E-state index in [9.17, 15) is 14.7 Å². The van der Waals surface area contributed by atoms with Crippen LogP contribution in [-0.4, -0.2) is 43.9 Å². The molecular weight excluding hydrogens is 326 g/mol. The molecule has 2 unspecified atom stereocenters. The number of rotatable bonds is 8. The molecule has 0 spiro atoms. The van der Waals surface area contributed by atoms with Crippen molar-refractivity contribution < 1.29 is 28.9 Å². The molecule has 1 fully saturated rings. The van der Waals surface area contributed by atoms with Crippen molar-refractivity contribution in [2.75, 3.05) is 20.8 Å². The Kier molecular flexibility index (Phi) is 7.06. The predicted octanol–water partition coefficient (Wildman–Crippen LogP) is 2.29. The van der Waals surface area contributed by atoms with E-state index in [0.29, 0.717) is 23.7 Å². The molecule has 25 heavy (non-hydrogen) atoms. The van der Waals surface area contributed by atoms with Gasteiger partial charge in [0.05, 0.1) is 39.2 Å². The van der Waals surface area contributed by atoms with E-state index in [1.807, 2.05) is 0 Å². The van der Waals surface area contributed by atoms with Gasteiger partial charge in [0.15, 0.2) is 11.5 Å². The Morgan fingerprint density at radius 2 is 2.04 bits per heavy atom. The molecule has 0 aromatic heterocycles. The SMILES string of the molecule is COc1ccc(C(CC(=O)O)NC(=O)CC2CCCCO2)cc1OC. The Balaban J connectivity index is 2.09. The average Bonchev–Trinajstić information content (AvgIpc) is 2.61. The standard InChI is InChI=1S/C18H25NO6/c1-23-15-7-6-12(9-16(15)24-2)14(11-18(21)22)19-17(20)10-13-5-3-4-8-25-13/h6-7,9,13-14H,3-5,8,10-11H2,1-2H3,(H,19,20)(H,21,22). The zero-order valence-corrected chi connectivity index (χ0v) is 14.6. The third kappa shape index (κ3) is 5.63. The molecule has 1 amide bonds. The second kappa shape index (κ2) is 9.27. The van der Waals surface area contributed by atoms with Crippen molar-refractivity contribution in [1.82, 2.24) is 5.32 Å². The van der Waals surface area contributed by atoms with E-state index in [0.717, 1.165) is 19.3 Å². The monoisotopic (exact) mass is 351 g/mol. The van der Waals surface area contributed by atoms with Gasteiger partial charge in [-0.2, -0.15) is 0 Å². The Bertz CT molecular complexity index is 597. The zero-order chi connectivity index (χ0) is 18.2. The molecule has 2 atom stereocenters. The summed E-state index contributed by atoms with van der Waals surface area (Å²) in [5, 5.41) is 12.0. The van der Waals surface area contributed by atoms with E-state index >= 15 is 0 Å². The maximum atomic E-state index is 12.3. The molecular formula is C18H25NO6. The van der Waals surface area contributed by atoms with E-state index in [4.69, 9.17) is 14.2 Å². The van der Waals surface area contributed by atoms with Gasteiger partial charge in [-0.1, -0.05) is 6.07 Å². The van der Waals surface area contributed by atoms with Gasteiger partial charge in [0.1, 0.15) is 0 Å². The molecule has 0 aliphatic carbocycles. The van der Waals surface area contributed by atoms with Crippen LogP contribution >= 0.6 is 0 Å². The fourth-order valence-corrected chi connectivity index (χ4v) is 2.92. The van der Waals surface area contributed by atoms with Gasteiger partial charge >= 0.3 is 5.97 Å². The summed E-state index contributed by atoms with van der Waals surface area (Å²) in [4.78, 5) is 23.5. The minimum Gasteiger partial charge on any atom is -0.493 e. The van der Waals surface area contributed by atoms with Crippen LogP contribution in [0, 0.1) is 0 Å². The van der Waals surface area contributed by atoms with Crippen molar-refractivity contribution in [2.45, 2.75) is 44.2 Å². The molecule has 0 radical (unpaired) electrons. The summed E-state index contributed by atoms with van der Waals surface area (Å²) >= 11 is 0. The molecule has 138 valence electrons. The fraction of sp³-hybridized carbons (Fsp3) is 0.556. The van der Waals surface area contributed by atoms with Gasteiger partial charge in [0.25, 0.3) is 0 Å². The molecule has 1 aliphatic rings. The number of hydrogen-bond acceptors (Lipinski definition) is 5. The molecule has 1 aliphatic heterocycles. The number of aliphatic carboxylic acids is 1. The normalized spacial score (nSPS) is 18.2. The third-order valence-corrected chi connectivity index (χ3v) is 4.21. The minimum atomic E-state index is -0.992. The Morgan fingerprint density at radius 3 is 2.64 bits per heavy atom.